The number of pyridine rings is 2. The van der Waals surface area contributed by atoms with Gasteiger partial charge in [-0.1, -0.05) is 72.8 Å². The van der Waals surface area contributed by atoms with Crippen molar-refractivity contribution in [3.05, 3.63) is 96.3 Å². The smallest absolute Gasteiger partial charge is 0.748 e. The topological polar surface area (TPSA) is 140 Å². The van der Waals surface area contributed by atoms with E-state index in [1.54, 1.807) is 0 Å². The van der Waals surface area contributed by atoms with E-state index in [1.807, 2.05) is 12.1 Å². The van der Waals surface area contributed by atoms with Gasteiger partial charge in [0.15, 0.2) is 0 Å². The summed E-state index contributed by atoms with van der Waals surface area (Å²) in [7, 11) is -7.83. The van der Waals surface area contributed by atoms with Crippen molar-refractivity contribution in [3.63, 3.8) is 0 Å². The molecule has 198 valence electrons. The number of rotatable bonds is 2. The quantitative estimate of drug-likeness (QED) is 0.145. The molecule has 5 rings (SSSR count). The Bertz CT molecular complexity index is 1650. The molecule has 0 aliphatic rings. The molecule has 0 saturated carbocycles. The number of nitrogens with zero attached hydrogens (tertiary/aromatic N) is 2. The summed E-state index contributed by atoms with van der Waals surface area (Å²) in [5.41, 5.74) is 8.76. The van der Waals surface area contributed by atoms with Crippen LogP contribution in [0.4, 0.5) is 0 Å². The summed E-state index contributed by atoms with van der Waals surface area (Å²) < 4.78 is 54.5. The van der Waals surface area contributed by atoms with E-state index in [4.69, 9.17) is 35.9 Å². The summed E-state index contributed by atoms with van der Waals surface area (Å²) in [6.07, 6.45) is 1.21. The third-order valence-electron chi connectivity index (χ3n) is 5.18. The van der Waals surface area contributed by atoms with Gasteiger partial charge in [0.25, 0.3) is 0 Å². The average Bonchev–Trinajstić information content (AvgIpc) is 2.82. The molecular weight excluding hydrogens is 570 g/mol. The van der Waals surface area contributed by atoms with Crippen molar-refractivity contribution in [2.75, 3.05) is 12.5 Å². The molecule has 0 atom stereocenters. The van der Waals surface area contributed by atoms with Gasteiger partial charge in [0.05, 0.1) is 31.3 Å². The summed E-state index contributed by atoms with van der Waals surface area (Å²) in [5.74, 6) is 0. The molecule has 0 N–H and O–H groups in total. The minimum Gasteiger partial charge on any atom is -0.748 e. The van der Waals surface area contributed by atoms with Crippen LogP contribution in [0.25, 0.3) is 44.1 Å². The molecule has 2 heterocycles. The van der Waals surface area contributed by atoms with Crippen LogP contribution in [0, 0.1) is 13.8 Å². The van der Waals surface area contributed by atoms with Crippen molar-refractivity contribution in [2.24, 2.45) is 0 Å². The first-order chi connectivity index (χ1) is 17.7. The van der Waals surface area contributed by atoms with Gasteiger partial charge in [-0.25, -0.2) is 16.8 Å². The van der Waals surface area contributed by atoms with Crippen LogP contribution in [0.15, 0.2) is 84.9 Å². The maximum atomic E-state index is 9.08. The van der Waals surface area contributed by atoms with Crippen LogP contribution in [-0.4, -0.2) is 48.4 Å². The Morgan fingerprint density at radius 1 is 0.550 bits per heavy atom. The molecule has 5 aromatic rings. The molecule has 0 radical (unpaired) electrons. The maximum Gasteiger partial charge on any atom is 1.00 e. The third-order valence-corrected chi connectivity index (χ3v) is 5.18. The molecule has 0 saturated heterocycles. The molecule has 0 aliphatic heterocycles. The predicted molar refractivity (Wildman–Crippen MR) is 149 cm³/mol. The van der Waals surface area contributed by atoms with Gasteiger partial charge in [0.1, 0.15) is 0 Å². The van der Waals surface area contributed by atoms with Crippen LogP contribution in [0.5, 0.6) is 0 Å². The normalized spacial score (nSPS) is 10.8. The van der Waals surface area contributed by atoms with E-state index in [2.05, 4.69) is 86.6 Å². The minimum absolute atomic E-state index is 0. The number of benzene rings is 3. The predicted octanol–water partition coefficient (Wildman–Crippen LogP) is -0.935. The number of fused-ring (bicyclic) bond motifs is 3. The van der Waals surface area contributed by atoms with E-state index < -0.39 is 20.2 Å². The number of hydrogen-bond donors (Lipinski definition) is 0. The molecule has 0 spiro atoms. The molecule has 0 fully saturated rings. The molecule has 12 heteroatoms. The van der Waals surface area contributed by atoms with Crippen LogP contribution in [0.3, 0.4) is 0 Å². The molecule has 8 nitrogen and oxygen atoms in total. The Morgan fingerprint density at radius 2 is 0.825 bits per heavy atom. The summed E-state index contributed by atoms with van der Waals surface area (Å²) >= 11 is 0. The van der Waals surface area contributed by atoms with E-state index in [0.717, 1.165) is 33.2 Å². The largest absolute Gasteiger partial charge is 1.00 e. The first kappa shape index (κ1) is 36.3. The van der Waals surface area contributed by atoms with Gasteiger partial charge in [-0.3, -0.25) is 9.97 Å². The molecule has 0 amide bonds. The van der Waals surface area contributed by atoms with Crippen LogP contribution in [-0.2, 0) is 20.2 Å². The fraction of sp³-hybridized carbons (Fsp3) is 0.143. The van der Waals surface area contributed by atoms with E-state index >= 15 is 0 Å². The van der Waals surface area contributed by atoms with Crippen LogP contribution in [0.1, 0.15) is 11.4 Å². The molecule has 40 heavy (non-hydrogen) atoms. The zero-order valence-electron chi connectivity index (χ0n) is 23.2. The van der Waals surface area contributed by atoms with Gasteiger partial charge < -0.3 is 9.11 Å². The maximum absolute atomic E-state index is 9.08. The van der Waals surface area contributed by atoms with Crippen LogP contribution < -0.4 is 59.1 Å². The number of hydrogen-bond acceptors (Lipinski definition) is 8. The zero-order valence-corrected chi connectivity index (χ0v) is 28.9. The Kier molecular flexibility index (Phi) is 14.1. The average molecular weight is 597 g/mol. The van der Waals surface area contributed by atoms with Gasteiger partial charge in [0, 0.05) is 34.7 Å². The van der Waals surface area contributed by atoms with Crippen LogP contribution in [0.2, 0.25) is 0 Å². The van der Waals surface area contributed by atoms with E-state index in [1.165, 1.54) is 22.3 Å². The molecule has 0 aliphatic carbocycles. The number of aromatic nitrogens is 2. The summed E-state index contributed by atoms with van der Waals surface area (Å²) in [6, 6.07) is 29.7. The second-order valence-electron chi connectivity index (χ2n) is 8.62. The van der Waals surface area contributed by atoms with Crippen molar-refractivity contribution < 1.29 is 85.1 Å². The Balaban J connectivity index is 0.000000579. The van der Waals surface area contributed by atoms with Gasteiger partial charge in [-0.15, -0.1) is 0 Å². The Labute approximate surface area is 279 Å². The van der Waals surface area contributed by atoms with Gasteiger partial charge in [0.2, 0.25) is 0 Å². The van der Waals surface area contributed by atoms with Gasteiger partial charge >= 0.3 is 59.1 Å². The summed E-state index contributed by atoms with van der Waals surface area (Å²) in [5, 5.41) is 2.28. The van der Waals surface area contributed by atoms with E-state index in [0.29, 0.717) is 12.5 Å². The van der Waals surface area contributed by atoms with Crippen molar-refractivity contribution in [1.29, 1.82) is 0 Å². The standard InChI is InChI=1S/C26H20N2.2CH4O3S.2Na/c1-17-15-23(19-9-5-3-6-10-19)21-13-14-22-24(20-11-7-4-8-12-20)16-18(2)28-26(22)25(21)27-17;2*1-5(2,3)4;;/h3-16H,1-2H3;2*1H3,(H,2,3,4);;/q;;;2*+1/p-2. The Hall–Kier alpha value is -1.70. The molecule has 3 aromatic carbocycles. The van der Waals surface area contributed by atoms with E-state index in [9.17, 15) is 0 Å². The fourth-order valence-electron chi connectivity index (χ4n) is 3.94. The van der Waals surface area contributed by atoms with Gasteiger partial charge in [-0.2, -0.15) is 0 Å². The summed E-state index contributed by atoms with van der Waals surface area (Å²) in [4.78, 5) is 9.81. The molecular formula is C28H26N2Na2O6S2. The number of aryl methyl sites for hydroxylation is 2. The van der Waals surface area contributed by atoms with Crippen molar-refractivity contribution >= 4 is 42.0 Å². The van der Waals surface area contributed by atoms with Crippen LogP contribution >= 0.6 is 0 Å². The molecule has 2 aromatic heterocycles. The van der Waals surface area contributed by atoms with Crippen molar-refractivity contribution in [1.82, 2.24) is 9.97 Å². The third kappa shape index (κ3) is 11.3. The van der Waals surface area contributed by atoms with Gasteiger partial charge in [-0.05, 0) is 48.2 Å². The molecule has 0 bridgehead atoms. The fourth-order valence-corrected chi connectivity index (χ4v) is 3.94. The minimum atomic E-state index is -3.92. The monoisotopic (exact) mass is 596 g/mol. The van der Waals surface area contributed by atoms with Crippen molar-refractivity contribution in [3.8, 4) is 22.3 Å². The van der Waals surface area contributed by atoms with Crippen molar-refractivity contribution in [2.45, 2.75) is 13.8 Å². The Morgan fingerprint density at radius 3 is 1.10 bits per heavy atom. The SMILES string of the molecule is CS(=O)(=O)[O-].CS(=O)(=O)[O-].Cc1cc(-c2ccccc2)c2ccc3c(-c4ccccc4)cc(C)nc3c2n1.[Na+].[Na+]. The first-order valence-corrected chi connectivity index (χ1v) is 15.0. The zero-order chi connectivity index (χ0) is 28.1. The first-order valence-electron chi connectivity index (χ1n) is 11.3. The second kappa shape index (κ2) is 15.5. The second-order valence-corrected chi connectivity index (χ2v) is 11.4. The summed E-state index contributed by atoms with van der Waals surface area (Å²) in [6.45, 7) is 4.11. The molecule has 0 unspecified atom stereocenters. The van der Waals surface area contributed by atoms with E-state index in [-0.39, 0.29) is 59.1 Å².